The van der Waals surface area contributed by atoms with Crippen LogP contribution in [0.25, 0.3) is 0 Å². The van der Waals surface area contributed by atoms with Crippen LogP contribution in [0, 0.1) is 5.92 Å². The van der Waals surface area contributed by atoms with Gasteiger partial charge in [-0.1, -0.05) is 285 Å². The van der Waals surface area contributed by atoms with E-state index < -0.39 is 6.10 Å². The average molecular weight is 892 g/mol. The summed E-state index contributed by atoms with van der Waals surface area (Å²) in [4.78, 5) is 38.0. The van der Waals surface area contributed by atoms with E-state index in [9.17, 15) is 14.4 Å². The highest BCUT2D eigenvalue weighted by Gasteiger charge is 2.19. The number of carbonyl (C=O) groups is 3. The maximum absolute atomic E-state index is 12.8. The minimum Gasteiger partial charge on any atom is -0.462 e. The lowest BCUT2D eigenvalue weighted by Crippen LogP contribution is -2.30. The first-order chi connectivity index (χ1) is 30.9. The van der Waals surface area contributed by atoms with E-state index >= 15 is 0 Å². The average Bonchev–Trinajstić information content (AvgIpc) is 3.28. The topological polar surface area (TPSA) is 78.9 Å². The van der Waals surface area contributed by atoms with Crippen LogP contribution in [0.15, 0.2) is 0 Å². The number of rotatable bonds is 52. The molecule has 0 rings (SSSR count). The van der Waals surface area contributed by atoms with E-state index in [1.54, 1.807) is 0 Å². The molecule has 0 N–H and O–H groups in total. The summed E-state index contributed by atoms with van der Waals surface area (Å²) in [5.74, 6) is 0.0692. The van der Waals surface area contributed by atoms with Crippen LogP contribution in [0.5, 0.6) is 0 Å². The molecular weight excluding hydrogens is 781 g/mol. The molecule has 6 heteroatoms. The highest BCUT2D eigenvalue weighted by Crippen LogP contribution is 2.18. The molecule has 0 radical (unpaired) electrons. The molecule has 0 amide bonds. The summed E-state index contributed by atoms with van der Waals surface area (Å²) in [5.41, 5.74) is 0. The van der Waals surface area contributed by atoms with Gasteiger partial charge in [0.05, 0.1) is 0 Å². The maximum atomic E-state index is 12.8. The molecule has 1 unspecified atom stereocenters. The summed E-state index contributed by atoms with van der Waals surface area (Å²) in [6.07, 6.45) is 55.2. The molecule has 0 fully saturated rings. The molecule has 0 aliphatic rings. The zero-order valence-electron chi connectivity index (χ0n) is 43.0. The van der Waals surface area contributed by atoms with Crippen molar-refractivity contribution in [3.8, 4) is 0 Å². The molecule has 0 saturated carbocycles. The number of esters is 3. The standard InChI is InChI=1S/C57H110O6/c1-5-8-10-12-14-16-17-18-26-30-34-38-42-46-50-57(60)63-54(51-61-55(58)48-44-40-36-31-15-13-11-9-6-2)52-62-56(59)49-45-41-37-33-29-27-24-22-20-19-21-23-25-28-32-35-39-43-47-53(4)7-3/h53-54H,5-52H2,1-4H3/t53?,54-/m0/s1. The van der Waals surface area contributed by atoms with E-state index in [2.05, 4.69) is 27.7 Å². The van der Waals surface area contributed by atoms with Gasteiger partial charge in [0.1, 0.15) is 13.2 Å². The van der Waals surface area contributed by atoms with Gasteiger partial charge in [-0.3, -0.25) is 14.4 Å². The Kier molecular flexibility index (Phi) is 50.1. The van der Waals surface area contributed by atoms with Crippen molar-refractivity contribution in [1.29, 1.82) is 0 Å². The van der Waals surface area contributed by atoms with Gasteiger partial charge in [0, 0.05) is 19.3 Å². The Morgan fingerprint density at radius 2 is 0.556 bits per heavy atom. The van der Waals surface area contributed by atoms with Gasteiger partial charge in [-0.25, -0.2) is 0 Å². The normalized spacial score (nSPS) is 12.4. The zero-order chi connectivity index (χ0) is 45.9. The van der Waals surface area contributed by atoms with Gasteiger partial charge in [-0.05, 0) is 25.2 Å². The van der Waals surface area contributed by atoms with E-state index in [0.29, 0.717) is 19.3 Å². The third kappa shape index (κ3) is 49.7. The summed E-state index contributed by atoms with van der Waals surface area (Å²) in [7, 11) is 0. The first kappa shape index (κ1) is 61.4. The second kappa shape index (κ2) is 51.4. The number of unbranched alkanes of at least 4 members (excludes halogenated alkanes) is 38. The summed E-state index contributed by atoms with van der Waals surface area (Å²) < 4.78 is 16.8. The van der Waals surface area contributed by atoms with Gasteiger partial charge in [0.15, 0.2) is 6.10 Å². The first-order valence-electron chi connectivity index (χ1n) is 28.4. The summed E-state index contributed by atoms with van der Waals surface area (Å²) >= 11 is 0. The van der Waals surface area contributed by atoms with Gasteiger partial charge in [0.25, 0.3) is 0 Å². The van der Waals surface area contributed by atoms with Crippen LogP contribution in [-0.4, -0.2) is 37.2 Å². The molecule has 0 spiro atoms. The SMILES string of the molecule is CCCCCCCCCCCCCCCCC(=O)O[C@@H](COC(=O)CCCCCCCCCCC)COC(=O)CCCCCCCCCCCCCCCCCCCCC(C)CC. The maximum Gasteiger partial charge on any atom is 0.306 e. The fraction of sp³-hybridized carbons (Fsp3) is 0.947. The summed E-state index contributed by atoms with van der Waals surface area (Å²) in [5, 5.41) is 0. The second-order valence-corrected chi connectivity index (χ2v) is 19.8. The second-order valence-electron chi connectivity index (χ2n) is 19.8. The molecule has 0 aromatic carbocycles. The van der Waals surface area contributed by atoms with Crippen LogP contribution in [0.3, 0.4) is 0 Å². The van der Waals surface area contributed by atoms with Crippen molar-refractivity contribution in [3.05, 3.63) is 0 Å². The highest BCUT2D eigenvalue weighted by atomic mass is 16.6. The van der Waals surface area contributed by atoms with Crippen LogP contribution in [0.1, 0.15) is 323 Å². The van der Waals surface area contributed by atoms with E-state index in [1.165, 1.54) is 218 Å². The molecule has 374 valence electrons. The van der Waals surface area contributed by atoms with Crippen LogP contribution in [-0.2, 0) is 28.6 Å². The van der Waals surface area contributed by atoms with Crippen molar-refractivity contribution in [2.75, 3.05) is 13.2 Å². The molecule has 0 aromatic rings. The molecule has 6 nitrogen and oxygen atoms in total. The predicted octanol–water partition coefficient (Wildman–Crippen LogP) is 18.6. The van der Waals surface area contributed by atoms with E-state index in [4.69, 9.17) is 14.2 Å². The Morgan fingerprint density at radius 1 is 0.317 bits per heavy atom. The Labute approximate surface area is 393 Å². The van der Waals surface area contributed by atoms with Crippen molar-refractivity contribution in [2.24, 2.45) is 5.92 Å². The van der Waals surface area contributed by atoms with Gasteiger partial charge >= 0.3 is 17.9 Å². The van der Waals surface area contributed by atoms with Crippen LogP contribution >= 0.6 is 0 Å². The van der Waals surface area contributed by atoms with Crippen LogP contribution in [0.4, 0.5) is 0 Å². The molecule has 0 aliphatic carbocycles. The molecule has 0 bridgehead atoms. The van der Waals surface area contributed by atoms with E-state index in [0.717, 1.165) is 63.7 Å². The van der Waals surface area contributed by atoms with Crippen molar-refractivity contribution in [1.82, 2.24) is 0 Å². The monoisotopic (exact) mass is 891 g/mol. The number of carbonyl (C=O) groups excluding carboxylic acids is 3. The van der Waals surface area contributed by atoms with Crippen LogP contribution < -0.4 is 0 Å². The number of hydrogen-bond donors (Lipinski definition) is 0. The largest absolute Gasteiger partial charge is 0.462 e. The molecular formula is C57H110O6. The highest BCUT2D eigenvalue weighted by molar-refractivity contribution is 5.71. The third-order valence-electron chi connectivity index (χ3n) is 13.4. The minimum atomic E-state index is -0.760. The van der Waals surface area contributed by atoms with E-state index in [1.807, 2.05) is 0 Å². The lowest BCUT2D eigenvalue weighted by atomic mass is 9.99. The Bertz CT molecular complexity index is 951. The Hall–Kier alpha value is -1.59. The smallest absolute Gasteiger partial charge is 0.306 e. The summed E-state index contributed by atoms with van der Waals surface area (Å²) in [6.45, 7) is 9.08. The number of ether oxygens (including phenoxy) is 3. The molecule has 0 heterocycles. The Morgan fingerprint density at radius 3 is 0.825 bits per heavy atom. The third-order valence-corrected chi connectivity index (χ3v) is 13.4. The molecule has 2 atom stereocenters. The molecule has 0 aliphatic heterocycles. The zero-order valence-corrected chi connectivity index (χ0v) is 43.0. The van der Waals surface area contributed by atoms with Crippen molar-refractivity contribution >= 4 is 17.9 Å². The Balaban J connectivity index is 4.16. The van der Waals surface area contributed by atoms with Gasteiger partial charge in [0.2, 0.25) is 0 Å². The van der Waals surface area contributed by atoms with Crippen LogP contribution in [0.2, 0.25) is 0 Å². The van der Waals surface area contributed by atoms with Crippen molar-refractivity contribution in [2.45, 2.75) is 329 Å². The predicted molar refractivity (Wildman–Crippen MR) is 270 cm³/mol. The minimum absolute atomic E-state index is 0.0621. The lowest BCUT2D eigenvalue weighted by Gasteiger charge is -2.18. The molecule has 0 saturated heterocycles. The lowest BCUT2D eigenvalue weighted by molar-refractivity contribution is -0.167. The van der Waals surface area contributed by atoms with Gasteiger partial charge in [-0.2, -0.15) is 0 Å². The first-order valence-corrected chi connectivity index (χ1v) is 28.4. The fourth-order valence-corrected chi connectivity index (χ4v) is 8.72. The molecule has 63 heavy (non-hydrogen) atoms. The van der Waals surface area contributed by atoms with E-state index in [-0.39, 0.29) is 31.1 Å². The van der Waals surface area contributed by atoms with Gasteiger partial charge in [-0.15, -0.1) is 0 Å². The number of hydrogen-bond acceptors (Lipinski definition) is 6. The molecule has 0 aromatic heterocycles. The summed E-state index contributed by atoms with van der Waals surface area (Å²) in [6, 6.07) is 0. The van der Waals surface area contributed by atoms with Crippen molar-refractivity contribution < 1.29 is 28.6 Å². The van der Waals surface area contributed by atoms with Crippen molar-refractivity contribution in [3.63, 3.8) is 0 Å². The quantitative estimate of drug-likeness (QED) is 0.0344. The van der Waals surface area contributed by atoms with Gasteiger partial charge < -0.3 is 14.2 Å². The fourth-order valence-electron chi connectivity index (χ4n) is 8.72.